The van der Waals surface area contributed by atoms with Crippen molar-refractivity contribution >= 4 is 17.7 Å². The molecule has 0 aliphatic heterocycles. The predicted octanol–water partition coefficient (Wildman–Crippen LogP) is 4.17. The number of carbonyl (C=O) groups is 2. The topological polar surface area (TPSA) is 84.9 Å². The van der Waals surface area contributed by atoms with E-state index >= 15 is 0 Å². The van der Waals surface area contributed by atoms with Crippen molar-refractivity contribution in [2.45, 2.75) is 13.0 Å². The van der Waals surface area contributed by atoms with Crippen molar-refractivity contribution in [1.29, 1.82) is 0 Å². The second-order valence-electron chi connectivity index (χ2n) is 4.84. The number of anilines is 1. The van der Waals surface area contributed by atoms with Crippen LogP contribution in [0.2, 0.25) is 0 Å². The molecule has 0 saturated heterocycles. The van der Waals surface area contributed by atoms with Crippen molar-refractivity contribution in [3.8, 4) is 5.75 Å². The summed E-state index contributed by atoms with van der Waals surface area (Å²) in [6.07, 6.45) is -6.45. The standard InChI is InChI=1S/C16H11F4NO5/c17-12-11(26-16(18,19)20)7-6-10(14(22)23)13(12)21-15(24)25-8-9-4-2-1-3-5-9/h1-7H,8H2,(H,21,24)(H,22,23). The lowest BCUT2D eigenvalue weighted by Gasteiger charge is -2.14. The number of hydrogen-bond donors (Lipinski definition) is 2. The van der Waals surface area contributed by atoms with E-state index in [1.54, 1.807) is 35.6 Å². The summed E-state index contributed by atoms with van der Waals surface area (Å²) in [5.74, 6) is -4.65. The Kier molecular flexibility index (Phi) is 5.65. The van der Waals surface area contributed by atoms with Crippen molar-refractivity contribution in [1.82, 2.24) is 0 Å². The minimum Gasteiger partial charge on any atom is -0.478 e. The third-order valence-electron chi connectivity index (χ3n) is 3.00. The second-order valence-corrected chi connectivity index (χ2v) is 4.84. The molecule has 0 aliphatic rings. The number of amides is 1. The summed E-state index contributed by atoms with van der Waals surface area (Å²) in [7, 11) is 0. The Balaban J connectivity index is 2.21. The van der Waals surface area contributed by atoms with Gasteiger partial charge in [0, 0.05) is 0 Å². The van der Waals surface area contributed by atoms with Crippen LogP contribution in [0.5, 0.6) is 5.75 Å². The summed E-state index contributed by atoms with van der Waals surface area (Å²) in [6, 6.07) is 9.51. The molecule has 2 aromatic carbocycles. The molecule has 0 aliphatic carbocycles. The summed E-state index contributed by atoms with van der Waals surface area (Å²) in [5, 5.41) is 10.8. The van der Waals surface area contributed by atoms with Crippen molar-refractivity contribution in [2.75, 3.05) is 5.32 Å². The Labute approximate surface area is 144 Å². The van der Waals surface area contributed by atoms with Gasteiger partial charge in [-0.1, -0.05) is 30.3 Å². The maximum Gasteiger partial charge on any atom is 0.573 e. The average Bonchev–Trinajstić information content (AvgIpc) is 2.56. The van der Waals surface area contributed by atoms with Crippen LogP contribution in [0.25, 0.3) is 0 Å². The van der Waals surface area contributed by atoms with E-state index < -0.39 is 41.2 Å². The molecule has 0 aromatic heterocycles. The summed E-state index contributed by atoms with van der Waals surface area (Å²) >= 11 is 0. The average molecular weight is 373 g/mol. The molecule has 0 spiro atoms. The Morgan fingerprint density at radius 3 is 2.31 bits per heavy atom. The Bertz CT molecular complexity index is 808. The van der Waals surface area contributed by atoms with Gasteiger partial charge in [-0.3, -0.25) is 5.32 Å². The largest absolute Gasteiger partial charge is 0.573 e. The highest BCUT2D eigenvalue weighted by Gasteiger charge is 2.34. The maximum absolute atomic E-state index is 14.2. The zero-order valence-electron chi connectivity index (χ0n) is 12.8. The lowest BCUT2D eigenvalue weighted by molar-refractivity contribution is -0.275. The van der Waals surface area contributed by atoms with Crippen LogP contribution in [0, 0.1) is 5.82 Å². The molecular weight excluding hydrogens is 362 g/mol. The number of nitrogens with one attached hydrogen (secondary N) is 1. The minimum atomic E-state index is -5.20. The van der Waals surface area contributed by atoms with Gasteiger partial charge in [-0.25, -0.2) is 14.0 Å². The van der Waals surface area contributed by atoms with Crippen LogP contribution in [0.15, 0.2) is 42.5 Å². The molecule has 6 nitrogen and oxygen atoms in total. The monoisotopic (exact) mass is 373 g/mol. The first kappa shape index (κ1) is 19.0. The molecule has 0 radical (unpaired) electrons. The van der Waals surface area contributed by atoms with E-state index in [1.165, 1.54) is 0 Å². The number of benzene rings is 2. The SMILES string of the molecule is O=C(Nc1c(C(=O)O)ccc(OC(F)(F)F)c1F)OCc1ccccc1. The lowest BCUT2D eigenvalue weighted by Crippen LogP contribution is -2.21. The van der Waals surface area contributed by atoms with E-state index in [2.05, 4.69) is 4.74 Å². The Morgan fingerprint density at radius 2 is 1.73 bits per heavy atom. The summed E-state index contributed by atoms with van der Waals surface area (Å²) in [6.45, 7) is -0.213. The third kappa shape index (κ3) is 5.10. The number of carboxylic acids is 1. The van der Waals surface area contributed by atoms with Crippen LogP contribution in [0.1, 0.15) is 15.9 Å². The van der Waals surface area contributed by atoms with Crippen molar-refractivity contribution < 1.29 is 41.7 Å². The number of ether oxygens (including phenoxy) is 2. The van der Waals surface area contributed by atoms with Crippen LogP contribution in [-0.2, 0) is 11.3 Å². The van der Waals surface area contributed by atoms with E-state index in [0.29, 0.717) is 17.7 Å². The molecule has 0 unspecified atom stereocenters. The van der Waals surface area contributed by atoms with Gasteiger partial charge < -0.3 is 14.6 Å². The molecule has 0 saturated carbocycles. The van der Waals surface area contributed by atoms with Crippen LogP contribution >= 0.6 is 0 Å². The highest BCUT2D eigenvalue weighted by Crippen LogP contribution is 2.32. The number of carbonyl (C=O) groups excluding carboxylic acids is 1. The maximum atomic E-state index is 14.2. The van der Waals surface area contributed by atoms with Gasteiger partial charge in [-0.2, -0.15) is 0 Å². The molecule has 2 rings (SSSR count). The summed E-state index contributed by atoms with van der Waals surface area (Å²) in [5.41, 5.74) is -1.18. The minimum absolute atomic E-state index is 0.213. The zero-order valence-corrected chi connectivity index (χ0v) is 12.8. The summed E-state index contributed by atoms with van der Waals surface area (Å²) in [4.78, 5) is 22.9. The fourth-order valence-corrected chi connectivity index (χ4v) is 1.92. The van der Waals surface area contributed by atoms with Crippen LogP contribution < -0.4 is 10.1 Å². The van der Waals surface area contributed by atoms with Gasteiger partial charge in [-0.15, -0.1) is 13.2 Å². The summed E-state index contributed by atoms with van der Waals surface area (Å²) < 4.78 is 59.2. The van der Waals surface area contributed by atoms with Crippen molar-refractivity contribution in [3.63, 3.8) is 0 Å². The van der Waals surface area contributed by atoms with Gasteiger partial charge in [-0.05, 0) is 17.7 Å². The van der Waals surface area contributed by atoms with Crippen LogP contribution in [-0.4, -0.2) is 23.5 Å². The smallest absolute Gasteiger partial charge is 0.478 e. The number of alkyl halides is 3. The molecule has 0 atom stereocenters. The molecule has 1 amide bonds. The van der Waals surface area contributed by atoms with E-state index in [0.717, 1.165) is 0 Å². The van der Waals surface area contributed by atoms with E-state index in [-0.39, 0.29) is 6.61 Å². The highest BCUT2D eigenvalue weighted by molar-refractivity contribution is 5.99. The number of carboxylic acid groups (broad SMARTS) is 1. The number of halogens is 4. The number of aromatic carboxylic acids is 1. The lowest BCUT2D eigenvalue weighted by atomic mass is 10.1. The van der Waals surface area contributed by atoms with Gasteiger partial charge in [0.1, 0.15) is 6.61 Å². The number of hydrogen-bond acceptors (Lipinski definition) is 4. The van der Waals surface area contributed by atoms with E-state index in [1.807, 2.05) is 0 Å². The molecule has 0 bridgehead atoms. The van der Waals surface area contributed by atoms with Gasteiger partial charge >= 0.3 is 18.4 Å². The van der Waals surface area contributed by atoms with Gasteiger partial charge in [0.05, 0.1) is 11.3 Å². The van der Waals surface area contributed by atoms with Gasteiger partial charge in [0.15, 0.2) is 11.6 Å². The Morgan fingerprint density at radius 1 is 1.08 bits per heavy atom. The fourth-order valence-electron chi connectivity index (χ4n) is 1.92. The highest BCUT2D eigenvalue weighted by atomic mass is 19.4. The quantitative estimate of drug-likeness (QED) is 0.769. The molecule has 26 heavy (non-hydrogen) atoms. The fraction of sp³-hybridized carbons (Fsp3) is 0.125. The molecule has 0 fully saturated rings. The molecule has 0 heterocycles. The van der Waals surface area contributed by atoms with Crippen molar-refractivity contribution in [3.05, 3.63) is 59.4 Å². The van der Waals surface area contributed by atoms with Crippen molar-refractivity contribution in [2.24, 2.45) is 0 Å². The third-order valence-corrected chi connectivity index (χ3v) is 3.00. The first-order valence-electron chi connectivity index (χ1n) is 6.96. The van der Waals surface area contributed by atoms with E-state index in [9.17, 15) is 27.2 Å². The van der Waals surface area contributed by atoms with Gasteiger partial charge in [0.2, 0.25) is 0 Å². The molecule has 138 valence electrons. The van der Waals surface area contributed by atoms with Crippen LogP contribution in [0.4, 0.5) is 28.0 Å². The van der Waals surface area contributed by atoms with Crippen LogP contribution in [0.3, 0.4) is 0 Å². The van der Waals surface area contributed by atoms with E-state index in [4.69, 9.17) is 9.84 Å². The first-order chi connectivity index (χ1) is 12.2. The first-order valence-corrected chi connectivity index (χ1v) is 6.96. The van der Waals surface area contributed by atoms with Gasteiger partial charge in [0.25, 0.3) is 0 Å². The predicted molar refractivity (Wildman–Crippen MR) is 80.3 cm³/mol. The normalized spacial score (nSPS) is 10.9. The molecule has 10 heteroatoms. The molecule has 2 N–H and O–H groups in total. The zero-order chi connectivity index (χ0) is 19.3. The second kappa shape index (κ2) is 7.72. The molecule has 2 aromatic rings. The molecular formula is C16H11F4NO5. The number of rotatable bonds is 5. The Hall–Kier alpha value is -3.30.